The zero-order chi connectivity index (χ0) is 17.0. The topological polar surface area (TPSA) is 41.1 Å². The Hall–Kier alpha value is -2.14. The van der Waals surface area contributed by atoms with E-state index in [9.17, 15) is 13.6 Å². The second-order valence-corrected chi connectivity index (χ2v) is 5.63. The molecule has 2 N–H and O–H groups in total. The Labute approximate surface area is 138 Å². The van der Waals surface area contributed by atoms with E-state index < -0.39 is 17.7 Å². The van der Waals surface area contributed by atoms with Gasteiger partial charge >= 0.3 is 0 Å². The molecule has 0 aliphatic carbocycles. The van der Waals surface area contributed by atoms with Crippen molar-refractivity contribution in [3.05, 3.63) is 64.2 Å². The highest BCUT2D eigenvalue weighted by Gasteiger charge is 2.14. The smallest absolute Gasteiger partial charge is 0.239 e. The van der Waals surface area contributed by atoms with E-state index in [1.54, 1.807) is 19.1 Å². The van der Waals surface area contributed by atoms with Crippen LogP contribution in [0.2, 0.25) is 5.02 Å². The standard InChI is InChI=1S/C17H17ClF2N2O/c1-10-14(18)4-3-5-16(10)21-9-17(23)22-11(2)13-7-6-12(19)8-15(13)20/h3-8,11,21H,9H2,1-2H3,(H,22,23). The molecule has 6 heteroatoms. The van der Waals surface area contributed by atoms with E-state index in [1.807, 2.05) is 13.0 Å². The van der Waals surface area contributed by atoms with Crippen LogP contribution >= 0.6 is 11.6 Å². The number of hydrogen-bond acceptors (Lipinski definition) is 2. The average Bonchev–Trinajstić information content (AvgIpc) is 2.48. The SMILES string of the molecule is Cc1c(Cl)cccc1NCC(=O)NC(C)c1ccc(F)cc1F. The molecule has 2 aromatic carbocycles. The van der Waals surface area contributed by atoms with Crippen LogP contribution in [-0.4, -0.2) is 12.5 Å². The monoisotopic (exact) mass is 338 g/mol. The van der Waals surface area contributed by atoms with Gasteiger partial charge in [-0.3, -0.25) is 4.79 Å². The summed E-state index contributed by atoms with van der Waals surface area (Å²) in [4.78, 5) is 12.0. The van der Waals surface area contributed by atoms with Crippen LogP contribution in [0.4, 0.5) is 14.5 Å². The molecule has 0 aromatic heterocycles. The molecule has 1 unspecified atom stereocenters. The zero-order valence-electron chi connectivity index (χ0n) is 12.8. The lowest BCUT2D eigenvalue weighted by molar-refractivity contribution is -0.120. The highest BCUT2D eigenvalue weighted by atomic mass is 35.5. The first kappa shape index (κ1) is 17.2. The summed E-state index contributed by atoms with van der Waals surface area (Å²) in [6.07, 6.45) is 0. The van der Waals surface area contributed by atoms with Crippen molar-refractivity contribution in [3.63, 3.8) is 0 Å². The van der Waals surface area contributed by atoms with E-state index in [2.05, 4.69) is 10.6 Å². The van der Waals surface area contributed by atoms with Crippen LogP contribution in [0.3, 0.4) is 0 Å². The number of anilines is 1. The van der Waals surface area contributed by atoms with Crippen LogP contribution in [-0.2, 0) is 4.79 Å². The number of benzene rings is 2. The molecular formula is C17H17ClF2N2O. The summed E-state index contributed by atoms with van der Waals surface area (Å²) < 4.78 is 26.6. The summed E-state index contributed by atoms with van der Waals surface area (Å²) in [5.41, 5.74) is 1.84. The number of carbonyl (C=O) groups is 1. The van der Waals surface area contributed by atoms with Gasteiger partial charge in [0.2, 0.25) is 5.91 Å². The Morgan fingerprint density at radius 3 is 2.70 bits per heavy atom. The van der Waals surface area contributed by atoms with Gasteiger partial charge in [-0.05, 0) is 37.6 Å². The molecule has 0 aliphatic heterocycles. The third-order valence-electron chi connectivity index (χ3n) is 3.51. The predicted molar refractivity (Wildman–Crippen MR) is 87.6 cm³/mol. The molecule has 0 spiro atoms. The minimum absolute atomic E-state index is 0.0222. The van der Waals surface area contributed by atoms with Crippen molar-refractivity contribution < 1.29 is 13.6 Å². The van der Waals surface area contributed by atoms with Crippen LogP contribution < -0.4 is 10.6 Å². The second-order valence-electron chi connectivity index (χ2n) is 5.22. The van der Waals surface area contributed by atoms with Gasteiger partial charge in [0.15, 0.2) is 0 Å². The molecule has 0 fully saturated rings. The number of amides is 1. The first-order valence-corrected chi connectivity index (χ1v) is 7.49. The van der Waals surface area contributed by atoms with Gasteiger partial charge in [0.25, 0.3) is 0 Å². The van der Waals surface area contributed by atoms with Crippen molar-refractivity contribution in [2.45, 2.75) is 19.9 Å². The summed E-state index contributed by atoms with van der Waals surface area (Å²) in [5, 5.41) is 6.26. The van der Waals surface area contributed by atoms with E-state index in [0.717, 1.165) is 23.4 Å². The molecule has 23 heavy (non-hydrogen) atoms. The number of carbonyl (C=O) groups excluding carboxylic acids is 1. The minimum atomic E-state index is -0.684. The summed E-state index contributed by atoms with van der Waals surface area (Å²) in [6.45, 7) is 3.51. The highest BCUT2D eigenvalue weighted by molar-refractivity contribution is 6.31. The first-order valence-electron chi connectivity index (χ1n) is 7.11. The molecule has 0 saturated carbocycles. The van der Waals surface area contributed by atoms with E-state index in [1.165, 1.54) is 6.07 Å². The molecule has 1 atom stereocenters. The normalized spacial score (nSPS) is 11.9. The van der Waals surface area contributed by atoms with Crippen LogP contribution in [0.1, 0.15) is 24.1 Å². The Morgan fingerprint density at radius 1 is 1.26 bits per heavy atom. The first-order chi connectivity index (χ1) is 10.9. The Kier molecular flexibility index (Phi) is 5.55. The number of nitrogens with one attached hydrogen (secondary N) is 2. The van der Waals surface area contributed by atoms with Gasteiger partial charge in [0, 0.05) is 22.3 Å². The molecule has 3 nitrogen and oxygen atoms in total. The summed E-state index contributed by atoms with van der Waals surface area (Å²) in [5.74, 6) is -1.64. The van der Waals surface area contributed by atoms with Crippen molar-refractivity contribution in [1.82, 2.24) is 5.32 Å². The average molecular weight is 339 g/mol. The minimum Gasteiger partial charge on any atom is -0.376 e. The van der Waals surface area contributed by atoms with E-state index >= 15 is 0 Å². The van der Waals surface area contributed by atoms with E-state index in [0.29, 0.717) is 5.02 Å². The summed E-state index contributed by atoms with van der Waals surface area (Å²) >= 11 is 6.01. The zero-order valence-corrected chi connectivity index (χ0v) is 13.5. The lowest BCUT2D eigenvalue weighted by atomic mass is 10.1. The molecular weight excluding hydrogens is 322 g/mol. The largest absolute Gasteiger partial charge is 0.376 e. The third kappa shape index (κ3) is 4.42. The maximum absolute atomic E-state index is 13.7. The Balaban J connectivity index is 1.95. The van der Waals surface area contributed by atoms with Crippen LogP contribution in [0.15, 0.2) is 36.4 Å². The Morgan fingerprint density at radius 2 is 2.00 bits per heavy atom. The van der Waals surface area contributed by atoms with Crippen LogP contribution in [0.5, 0.6) is 0 Å². The molecule has 0 bridgehead atoms. The third-order valence-corrected chi connectivity index (χ3v) is 3.92. The maximum Gasteiger partial charge on any atom is 0.239 e. The number of halogens is 3. The van der Waals surface area contributed by atoms with Gasteiger partial charge in [-0.1, -0.05) is 23.7 Å². The van der Waals surface area contributed by atoms with Gasteiger partial charge < -0.3 is 10.6 Å². The van der Waals surface area contributed by atoms with Crippen LogP contribution in [0, 0.1) is 18.6 Å². The molecule has 0 heterocycles. The fraction of sp³-hybridized carbons (Fsp3) is 0.235. The molecule has 0 saturated heterocycles. The van der Waals surface area contributed by atoms with Crippen molar-refractivity contribution in [2.24, 2.45) is 0 Å². The molecule has 1 amide bonds. The van der Waals surface area contributed by atoms with Crippen molar-refractivity contribution >= 4 is 23.2 Å². The van der Waals surface area contributed by atoms with Gasteiger partial charge in [-0.15, -0.1) is 0 Å². The molecule has 0 aliphatic rings. The molecule has 0 radical (unpaired) electrons. The van der Waals surface area contributed by atoms with E-state index in [4.69, 9.17) is 11.6 Å². The summed E-state index contributed by atoms with van der Waals surface area (Å²) in [6, 6.07) is 8.08. The van der Waals surface area contributed by atoms with Crippen LogP contribution in [0.25, 0.3) is 0 Å². The molecule has 2 aromatic rings. The summed E-state index contributed by atoms with van der Waals surface area (Å²) in [7, 11) is 0. The van der Waals surface area contributed by atoms with Crippen molar-refractivity contribution in [3.8, 4) is 0 Å². The van der Waals surface area contributed by atoms with Gasteiger partial charge in [0.05, 0.1) is 12.6 Å². The van der Waals surface area contributed by atoms with Gasteiger partial charge in [-0.25, -0.2) is 8.78 Å². The van der Waals surface area contributed by atoms with Crippen molar-refractivity contribution in [1.29, 1.82) is 0 Å². The van der Waals surface area contributed by atoms with Crippen molar-refractivity contribution in [2.75, 3.05) is 11.9 Å². The second kappa shape index (κ2) is 7.42. The van der Waals surface area contributed by atoms with Gasteiger partial charge in [0.1, 0.15) is 11.6 Å². The quantitative estimate of drug-likeness (QED) is 0.857. The molecule has 122 valence electrons. The Bertz CT molecular complexity index is 722. The number of hydrogen-bond donors (Lipinski definition) is 2. The van der Waals surface area contributed by atoms with E-state index in [-0.39, 0.29) is 18.0 Å². The van der Waals surface area contributed by atoms with Gasteiger partial charge in [-0.2, -0.15) is 0 Å². The fourth-order valence-corrected chi connectivity index (χ4v) is 2.37. The number of rotatable bonds is 5. The highest BCUT2D eigenvalue weighted by Crippen LogP contribution is 2.22. The lowest BCUT2D eigenvalue weighted by Crippen LogP contribution is -2.32. The predicted octanol–water partition coefficient (Wildman–Crippen LogP) is 4.22. The maximum atomic E-state index is 13.7. The fourth-order valence-electron chi connectivity index (χ4n) is 2.20. The molecule has 2 rings (SSSR count). The lowest BCUT2D eigenvalue weighted by Gasteiger charge is -2.16.